The molecule has 1 fully saturated rings. The highest BCUT2D eigenvalue weighted by molar-refractivity contribution is 5.78. The Morgan fingerprint density at radius 2 is 1.91 bits per heavy atom. The maximum absolute atomic E-state index is 12.0. The summed E-state index contributed by atoms with van der Waals surface area (Å²) in [5, 5.41) is 10.7. The van der Waals surface area contributed by atoms with Gasteiger partial charge < -0.3 is 19.5 Å². The lowest BCUT2D eigenvalue weighted by Gasteiger charge is -2.33. The summed E-state index contributed by atoms with van der Waals surface area (Å²) in [4.78, 5) is 26.6. The van der Waals surface area contributed by atoms with Crippen molar-refractivity contribution < 1.29 is 14.0 Å². The molecule has 1 aliphatic rings. The van der Waals surface area contributed by atoms with E-state index in [0.29, 0.717) is 51.0 Å². The molecule has 0 atom stereocenters. The minimum atomic E-state index is -0.116. The maximum Gasteiger partial charge on any atom is 0.318 e. The molecule has 1 aromatic heterocycles. The summed E-state index contributed by atoms with van der Waals surface area (Å²) in [5.74, 6) is 0.776. The van der Waals surface area contributed by atoms with Gasteiger partial charge in [-0.05, 0) is 0 Å². The van der Waals surface area contributed by atoms with Crippen LogP contribution in [0.25, 0.3) is 0 Å². The highest BCUT2D eigenvalue weighted by atomic mass is 16.4. The summed E-state index contributed by atoms with van der Waals surface area (Å²) in [6, 6.07) is 0.522. The Hall–Kier alpha value is -2.12. The van der Waals surface area contributed by atoms with Crippen molar-refractivity contribution in [1.29, 1.82) is 0 Å². The van der Waals surface area contributed by atoms with Gasteiger partial charge in [0.2, 0.25) is 17.7 Å². The lowest BCUT2D eigenvalue weighted by molar-refractivity contribution is -0.131. The van der Waals surface area contributed by atoms with Gasteiger partial charge in [0.15, 0.2) is 0 Å². The van der Waals surface area contributed by atoms with Crippen LogP contribution >= 0.6 is 0 Å². The molecule has 0 aliphatic carbocycles. The molecule has 1 aliphatic heterocycles. The zero-order chi connectivity index (χ0) is 16.1. The number of anilines is 1. The molecule has 1 N–H and O–H groups in total. The number of piperazine rings is 1. The zero-order valence-corrected chi connectivity index (χ0v) is 13.3. The minimum Gasteiger partial charge on any atom is -0.408 e. The van der Waals surface area contributed by atoms with Crippen molar-refractivity contribution in [3.8, 4) is 0 Å². The van der Waals surface area contributed by atoms with Gasteiger partial charge in [-0.3, -0.25) is 9.59 Å². The van der Waals surface area contributed by atoms with E-state index in [1.807, 2.05) is 18.7 Å². The number of aromatic nitrogens is 2. The second-order valence-corrected chi connectivity index (χ2v) is 5.68. The van der Waals surface area contributed by atoms with Gasteiger partial charge in [-0.2, -0.15) is 0 Å². The lowest BCUT2D eigenvalue weighted by Crippen LogP contribution is -2.49. The Bertz CT molecular complexity index is 520. The van der Waals surface area contributed by atoms with E-state index in [1.165, 1.54) is 6.92 Å². The topological polar surface area (TPSA) is 91.6 Å². The maximum atomic E-state index is 12.0. The third-order valence-electron chi connectivity index (χ3n) is 3.54. The number of carbonyl (C=O) groups excluding carboxylic acids is 2. The van der Waals surface area contributed by atoms with Crippen molar-refractivity contribution in [1.82, 2.24) is 20.4 Å². The summed E-state index contributed by atoms with van der Waals surface area (Å²) in [5.41, 5.74) is 0. The summed E-state index contributed by atoms with van der Waals surface area (Å²) in [7, 11) is 0. The number of hydrogen-bond acceptors (Lipinski definition) is 6. The van der Waals surface area contributed by atoms with Crippen LogP contribution in [0, 0.1) is 0 Å². The first-order chi connectivity index (χ1) is 10.5. The van der Waals surface area contributed by atoms with E-state index in [-0.39, 0.29) is 17.7 Å². The van der Waals surface area contributed by atoms with Crippen molar-refractivity contribution in [2.45, 2.75) is 33.1 Å². The van der Waals surface area contributed by atoms with Crippen molar-refractivity contribution in [3.63, 3.8) is 0 Å². The molecule has 0 radical (unpaired) electrons. The molecular weight excluding hydrogens is 286 g/mol. The normalized spacial score (nSPS) is 15.3. The van der Waals surface area contributed by atoms with E-state index in [4.69, 9.17) is 4.42 Å². The van der Waals surface area contributed by atoms with E-state index in [1.54, 1.807) is 4.90 Å². The van der Waals surface area contributed by atoms with Gasteiger partial charge in [-0.1, -0.05) is 18.9 Å². The molecule has 8 nitrogen and oxygen atoms in total. The van der Waals surface area contributed by atoms with Crippen LogP contribution in [-0.4, -0.2) is 59.6 Å². The number of amides is 2. The van der Waals surface area contributed by atoms with Gasteiger partial charge in [0.05, 0.1) is 0 Å². The highest BCUT2D eigenvalue weighted by Crippen LogP contribution is 2.19. The molecular formula is C14H23N5O3. The first-order valence-electron chi connectivity index (χ1n) is 7.58. The number of nitrogens with one attached hydrogen (secondary N) is 1. The largest absolute Gasteiger partial charge is 0.408 e. The summed E-state index contributed by atoms with van der Waals surface area (Å²) in [6.45, 7) is 8.43. The molecule has 2 heterocycles. The van der Waals surface area contributed by atoms with E-state index in [0.717, 1.165) is 0 Å². The van der Waals surface area contributed by atoms with Crippen molar-refractivity contribution in [3.05, 3.63) is 5.89 Å². The Morgan fingerprint density at radius 1 is 1.23 bits per heavy atom. The number of rotatable bonds is 5. The van der Waals surface area contributed by atoms with E-state index < -0.39 is 0 Å². The summed E-state index contributed by atoms with van der Waals surface area (Å²) >= 11 is 0. The molecule has 122 valence electrons. The van der Waals surface area contributed by atoms with E-state index in [9.17, 15) is 9.59 Å². The molecule has 2 rings (SSSR count). The van der Waals surface area contributed by atoms with Crippen molar-refractivity contribution in [2.24, 2.45) is 0 Å². The SMILES string of the molecule is CC(=O)NCCC(=O)N1CCN(c2nnc(C(C)C)o2)CC1. The highest BCUT2D eigenvalue weighted by Gasteiger charge is 2.24. The monoisotopic (exact) mass is 309 g/mol. The molecule has 0 unspecified atom stereocenters. The van der Waals surface area contributed by atoms with Gasteiger partial charge in [0, 0.05) is 52.0 Å². The van der Waals surface area contributed by atoms with Crippen LogP contribution in [0.5, 0.6) is 0 Å². The predicted molar refractivity (Wildman–Crippen MR) is 80.5 cm³/mol. The molecule has 0 saturated carbocycles. The van der Waals surface area contributed by atoms with Gasteiger partial charge in [-0.25, -0.2) is 0 Å². The number of hydrogen-bond donors (Lipinski definition) is 1. The minimum absolute atomic E-state index is 0.0572. The lowest BCUT2D eigenvalue weighted by atomic mass is 10.2. The Morgan fingerprint density at radius 3 is 2.45 bits per heavy atom. The second kappa shape index (κ2) is 7.24. The van der Waals surface area contributed by atoms with Crippen LogP contribution in [0.1, 0.15) is 39.0 Å². The van der Waals surface area contributed by atoms with Crippen molar-refractivity contribution in [2.75, 3.05) is 37.6 Å². The van der Waals surface area contributed by atoms with E-state index >= 15 is 0 Å². The molecule has 1 saturated heterocycles. The molecule has 8 heteroatoms. The molecule has 2 amide bonds. The molecule has 0 aromatic carbocycles. The van der Waals surface area contributed by atoms with Crippen LogP contribution < -0.4 is 10.2 Å². The van der Waals surface area contributed by atoms with Crippen molar-refractivity contribution >= 4 is 17.8 Å². The molecule has 0 bridgehead atoms. The standard InChI is InChI=1S/C14H23N5O3/c1-10(2)13-16-17-14(22-13)19-8-6-18(7-9-19)12(21)4-5-15-11(3)20/h10H,4-9H2,1-3H3,(H,15,20). The first kappa shape index (κ1) is 16.3. The van der Waals surface area contributed by atoms with Gasteiger partial charge in [0.25, 0.3) is 0 Å². The fourth-order valence-corrected chi connectivity index (χ4v) is 2.24. The van der Waals surface area contributed by atoms with Crippen LogP contribution in [0.3, 0.4) is 0 Å². The van der Waals surface area contributed by atoms with Gasteiger partial charge in [-0.15, -0.1) is 5.10 Å². The number of nitrogens with zero attached hydrogens (tertiary/aromatic N) is 4. The molecule has 22 heavy (non-hydrogen) atoms. The van der Waals surface area contributed by atoms with Crippen LogP contribution in [0.15, 0.2) is 4.42 Å². The number of carbonyl (C=O) groups is 2. The Labute approximate surface area is 129 Å². The first-order valence-corrected chi connectivity index (χ1v) is 7.58. The average Bonchev–Trinajstić information content (AvgIpc) is 2.97. The zero-order valence-electron chi connectivity index (χ0n) is 13.3. The Kier molecular flexibility index (Phi) is 5.35. The van der Waals surface area contributed by atoms with Gasteiger partial charge >= 0.3 is 6.01 Å². The third-order valence-corrected chi connectivity index (χ3v) is 3.54. The fraction of sp³-hybridized carbons (Fsp3) is 0.714. The summed E-state index contributed by atoms with van der Waals surface area (Å²) in [6.07, 6.45) is 0.331. The fourth-order valence-electron chi connectivity index (χ4n) is 2.24. The van der Waals surface area contributed by atoms with E-state index in [2.05, 4.69) is 15.5 Å². The summed E-state index contributed by atoms with van der Waals surface area (Å²) < 4.78 is 5.62. The predicted octanol–water partition coefficient (Wildman–Crippen LogP) is 0.368. The van der Waals surface area contributed by atoms with Crippen LogP contribution in [-0.2, 0) is 9.59 Å². The Balaban J connectivity index is 1.79. The molecule has 0 spiro atoms. The average molecular weight is 309 g/mol. The smallest absolute Gasteiger partial charge is 0.318 e. The quantitative estimate of drug-likeness (QED) is 0.845. The second-order valence-electron chi connectivity index (χ2n) is 5.68. The van der Waals surface area contributed by atoms with Crippen LogP contribution in [0.4, 0.5) is 6.01 Å². The van der Waals surface area contributed by atoms with Gasteiger partial charge in [0.1, 0.15) is 0 Å². The molecule has 1 aromatic rings. The third kappa shape index (κ3) is 4.19. The van der Waals surface area contributed by atoms with Crippen LogP contribution in [0.2, 0.25) is 0 Å².